The molecular weight excluding hydrogens is 336 g/mol. The minimum absolute atomic E-state index is 0.0730. The Balaban J connectivity index is 0.000000229. The Labute approximate surface area is 138 Å². The molecule has 0 unspecified atom stereocenters. The zero-order chi connectivity index (χ0) is 16.9. The molecule has 122 valence electrons. The lowest BCUT2D eigenvalue weighted by Crippen LogP contribution is -2.11. The normalized spacial score (nSPS) is 10.9. The van der Waals surface area contributed by atoms with E-state index in [9.17, 15) is 8.42 Å². The maximum absolute atomic E-state index is 11.1. The number of phenolic OH excluding ortho intramolecular Hbond substituents is 1. The lowest BCUT2D eigenvalue weighted by atomic mass is 10.3. The van der Waals surface area contributed by atoms with E-state index in [0.717, 1.165) is 16.0 Å². The van der Waals surface area contributed by atoms with Crippen LogP contribution in [0.5, 0.6) is 11.5 Å². The minimum Gasteiger partial charge on any atom is -0.508 e. The quantitative estimate of drug-likeness (QED) is 0.754. The summed E-state index contributed by atoms with van der Waals surface area (Å²) in [6.07, 6.45) is 0. The van der Waals surface area contributed by atoms with Gasteiger partial charge >= 0.3 is 0 Å². The Morgan fingerprint density at radius 3 is 2.43 bits per heavy atom. The average molecular weight is 352 g/mol. The summed E-state index contributed by atoms with van der Waals surface area (Å²) in [5.74, 6) is 1.02. The van der Waals surface area contributed by atoms with Crippen molar-refractivity contribution >= 4 is 31.6 Å². The molecule has 0 saturated carbocycles. The largest absolute Gasteiger partial charge is 0.508 e. The molecule has 0 radical (unpaired) electrons. The molecule has 0 fully saturated rings. The maximum Gasteiger partial charge on any atom is 0.265 e. The fourth-order valence-corrected chi connectivity index (χ4v) is 3.37. The van der Waals surface area contributed by atoms with Gasteiger partial charge in [-0.05, 0) is 37.3 Å². The van der Waals surface area contributed by atoms with E-state index in [2.05, 4.69) is 4.98 Å². The Kier molecular flexibility index (Phi) is 5.54. The number of hydrogen-bond acceptors (Lipinski definition) is 6. The second-order valence-corrected chi connectivity index (χ2v) is 7.19. The van der Waals surface area contributed by atoms with Gasteiger partial charge in [0.05, 0.1) is 16.8 Å². The Hall–Kier alpha value is -2.16. The predicted molar refractivity (Wildman–Crippen MR) is 90.3 cm³/mol. The van der Waals surface area contributed by atoms with Crippen LogP contribution in [0, 0.1) is 0 Å². The molecule has 3 N–H and O–H groups in total. The summed E-state index contributed by atoms with van der Waals surface area (Å²) in [5, 5.41) is 13.6. The van der Waals surface area contributed by atoms with Crippen LogP contribution in [0.3, 0.4) is 0 Å². The third-order valence-corrected chi connectivity index (χ3v) is 4.99. The molecule has 6 nitrogen and oxygen atoms in total. The third-order valence-electron chi connectivity index (χ3n) is 2.65. The summed E-state index contributed by atoms with van der Waals surface area (Å²) in [5.41, 5.74) is 0.609. The van der Waals surface area contributed by atoms with Crippen LogP contribution in [-0.4, -0.2) is 25.1 Å². The van der Waals surface area contributed by atoms with Crippen LogP contribution < -0.4 is 9.88 Å². The van der Waals surface area contributed by atoms with E-state index in [4.69, 9.17) is 15.0 Å². The number of benzene rings is 2. The van der Waals surface area contributed by atoms with Crippen molar-refractivity contribution in [2.75, 3.05) is 6.61 Å². The van der Waals surface area contributed by atoms with Crippen LogP contribution in [-0.2, 0) is 10.0 Å². The van der Waals surface area contributed by atoms with Gasteiger partial charge in [-0.15, -0.1) is 11.3 Å². The first-order valence-electron chi connectivity index (χ1n) is 6.70. The van der Waals surface area contributed by atoms with Gasteiger partial charge in [0, 0.05) is 0 Å². The molecule has 3 aromatic rings. The van der Waals surface area contributed by atoms with E-state index >= 15 is 0 Å². The second kappa shape index (κ2) is 7.40. The number of hydrogen-bond donors (Lipinski definition) is 2. The van der Waals surface area contributed by atoms with Crippen molar-refractivity contribution in [2.24, 2.45) is 5.14 Å². The highest BCUT2D eigenvalue weighted by Crippen LogP contribution is 2.28. The number of rotatable bonds is 3. The molecule has 0 saturated heterocycles. The fraction of sp³-hybridized carbons (Fsp3) is 0.133. The van der Waals surface area contributed by atoms with E-state index < -0.39 is 10.0 Å². The lowest BCUT2D eigenvalue weighted by Gasteiger charge is -2.00. The summed E-state index contributed by atoms with van der Waals surface area (Å²) >= 11 is 1.04. The number of sulfonamides is 1. The number of nitrogens with zero attached hydrogens (tertiary/aromatic N) is 1. The van der Waals surface area contributed by atoms with E-state index in [1.54, 1.807) is 42.5 Å². The average Bonchev–Trinajstić information content (AvgIpc) is 2.92. The highest BCUT2D eigenvalue weighted by Gasteiger charge is 2.14. The molecule has 0 amide bonds. The van der Waals surface area contributed by atoms with Gasteiger partial charge in [-0.25, -0.2) is 18.5 Å². The predicted octanol–water partition coefficient (Wildman–Crippen LogP) is 2.73. The van der Waals surface area contributed by atoms with Gasteiger partial charge in [-0.1, -0.05) is 18.2 Å². The molecule has 1 aromatic heterocycles. The topological polar surface area (TPSA) is 103 Å². The Morgan fingerprint density at radius 1 is 1.22 bits per heavy atom. The van der Waals surface area contributed by atoms with E-state index in [0.29, 0.717) is 23.6 Å². The molecule has 23 heavy (non-hydrogen) atoms. The van der Waals surface area contributed by atoms with Crippen molar-refractivity contribution in [3.8, 4) is 11.5 Å². The van der Waals surface area contributed by atoms with Gasteiger partial charge in [-0.3, -0.25) is 0 Å². The number of para-hydroxylation sites is 1. The van der Waals surface area contributed by atoms with E-state index in [1.807, 2.05) is 13.0 Å². The molecule has 1 heterocycles. The van der Waals surface area contributed by atoms with Crippen LogP contribution in [0.2, 0.25) is 0 Å². The Bertz CT molecular complexity index is 877. The summed E-state index contributed by atoms with van der Waals surface area (Å²) < 4.78 is 28.2. The molecule has 0 aliphatic heterocycles. The standard InChI is InChI=1S/C9H10N2O3S2.C6H6O/c1-2-14-6-3-4-7-8(5-6)15-9(11-7)16(10,12)13;7-6-4-2-1-3-5-6/h3-5H,2H2,1H3,(H2,10,12,13);1-5,7H. The van der Waals surface area contributed by atoms with Gasteiger partial charge in [0.2, 0.25) is 4.34 Å². The number of aromatic hydroxyl groups is 1. The second-order valence-electron chi connectivity index (χ2n) is 4.42. The zero-order valence-corrected chi connectivity index (χ0v) is 14.0. The SMILES string of the molecule is CCOc1ccc2nc(S(N)(=O)=O)sc2c1.Oc1ccccc1. The highest BCUT2D eigenvalue weighted by atomic mass is 32.2. The number of thiazole rings is 1. The number of aromatic nitrogens is 1. The number of nitrogens with two attached hydrogens (primary N) is 1. The van der Waals surface area contributed by atoms with Crippen molar-refractivity contribution in [1.82, 2.24) is 4.98 Å². The third kappa shape index (κ3) is 4.92. The number of ether oxygens (including phenoxy) is 1. The van der Waals surface area contributed by atoms with Crippen molar-refractivity contribution in [3.05, 3.63) is 48.5 Å². The summed E-state index contributed by atoms with van der Waals surface area (Å²) in [6.45, 7) is 2.44. The number of primary sulfonamides is 1. The van der Waals surface area contributed by atoms with E-state index in [-0.39, 0.29) is 4.34 Å². The van der Waals surface area contributed by atoms with Crippen molar-refractivity contribution in [1.29, 1.82) is 0 Å². The van der Waals surface area contributed by atoms with Crippen molar-refractivity contribution < 1.29 is 18.3 Å². The molecule has 3 rings (SSSR count). The number of fused-ring (bicyclic) bond motifs is 1. The van der Waals surface area contributed by atoms with Crippen LogP contribution in [0.25, 0.3) is 10.2 Å². The molecule has 0 atom stereocenters. The monoisotopic (exact) mass is 352 g/mol. The molecule has 8 heteroatoms. The summed E-state index contributed by atoms with van der Waals surface area (Å²) in [6, 6.07) is 13.9. The van der Waals surface area contributed by atoms with Gasteiger partial charge in [0.25, 0.3) is 10.0 Å². The molecule has 0 spiro atoms. The smallest absolute Gasteiger partial charge is 0.265 e. The van der Waals surface area contributed by atoms with Gasteiger partial charge < -0.3 is 9.84 Å². The van der Waals surface area contributed by atoms with Gasteiger partial charge in [0.15, 0.2) is 0 Å². The lowest BCUT2D eigenvalue weighted by molar-refractivity contribution is 0.341. The molecule has 0 aliphatic rings. The fourth-order valence-electron chi connectivity index (χ4n) is 1.69. The minimum atomic E-state index is -3.72. The zero-order valence-electron chi connectivity index (χ0n) is 12.3. The van der Waals surface area contributed by atoms with Crippen LogP contribution in [0.4, 0.5) is 0 Å². The number of phenols is 1. The first kappa shape index (κ1) is 17.2. The van der Waals surface area contributed by atoms with Crippen LogP contribution in [0.1, 0.15) is 6.92 Å². The highest BCUT2D eigenvalue weighted by molar-refractivity contribution is 7.91. The van der Waals surface area contributed by atoms with Crippen LogP contribution in [0.15, 0.2) is 52.9 Å². The van der Waals surface area contributed by atoms with E-state index in [1.165, 1.54) is 0 Å². The van der Waals surface area contributed by atoms with Gasteiger partial charge in [-0.2, -0.15) is 0 Å². The molecular formula is C15H16N2O4S2. The Morgan fingerprint density at radius 2 is 1.91 bits per heavy atom. The van der Waals surface area contributed by atoms with Crippen molar-refractivity contribution in [3.63, 3.8) is 0 Å². The maximum atomic E-state index is 11.1. The summed E-state index contributed by atoms with van der Waals surface area (Å²) in [7, 11) is -3.72. The van der Waals surface area contributed by atoms with Crippen molar-refractivity contribution in [2.45, 2.75) is 11.3 Å². The molecule has 0 aliphatic carbocycles. The van der Waals surface area contributed by atoms with Crippen LogP contribution >= 0.6 is 11.3 Å². The molecule has 0 bridgehead atoms. The summed E-state index contributed by atoms with van der Waals surface area (Å²) in [4.78, 5) is 3.94. The molecule has 2 aromatic carbocycles. The first-order chi connectivity index (χ1) is 10.9. The van der Waals surface area contributed by atoms with Gasteiger partial charge in [0.1, 0.15) is 11.5 Å². The first-order valence-corrected chi connectivity index (χ1v) is 9.06.